The van der Waals surface area contributed by atoms with Crippen LogP contribution in [0.25, 0.3) is 5.65 Å². The second-order valence-corrected chi connectivity index (χ2v) is 8.39. The van der Waals surface area contributed by atoms with E-state index in [-0.39, 0.29) is 11.4 Å². The van der Waals surface area contributed by atoms with Crippen molar-refractivity contribution in [1.82, 2.24) is 9.38 Å². The van der Waals surface area contributed by atoms with Crippen LogP contribution in [0.2, 0.25) is 0 Å². The Balaban J connectivity index is 2.12. The second kappa shape index (κ2) is 6.77. The maximum Gasteiger partial charge on any atom is 0.419 e. The first-order valence-electron chi connectivity index (χ1n) is 8.17. The number of nitrogens with zero attached hydrogens (tertiary/aromatic N) is 3. The molecule has 150 valence electrons. The van der Waals surface area contributed by atoms with Gasteiger partial charge in [-0.25, -0.2) is 22.1 Å². The molecule has 0 amide bonds. The molecule has 1 aromatic carbocycles. The number of sulfonamides is 1. The quantitative estimate of drug-likeness (QED) is 0.604. The maximum atomic E-state index is 13.5. The molecule has 0 unspecified atom stereocenters. The minimum Gasteiger partial charge on any atom is -0.302 e. The lowest BCUT2D eigenvalue weighted by atomic mass is 10.1. The summed E-state index contributed by atoms with van der Waals surface area (Å²) in [5.74, 6) is -1.31. The van der Waals surface area contributed by atoms with E-state index in [1.54, 1.807) is 23.6 Å². The van der Waals surface area contributed by atoms with E-state index in [4.69, 9.17) is 0 Å². The Morgan fingerprint density at radius 3 is 2.43 bits per heavy atom. The molecule has 0 aliphatic heterocycles. The first-order valence-corrected chi connectivity index (χ1v) is 10.0. The van der Waals surface area contributed by atoms with Gasteiger partial charge in [0.1, 0.15) is 11.5 Å². The number of aryl methyl sites for hydroxylation is 2. The van der Waals surface area contributed by atoms with E-state index in [9.17, 15) is 26.0 Å². The van der Waals surface area contributed by atoms with Crippen LogP contribution in [-0.4, -0.2) is 24.1 Å². The van der Waals surface area contributed by atoms with Crippen LogP contribution in [0.1, 0.15) is 22.4 Å². The van der Waals surface area contributed by atoms with Gasteiger partial charge in [0, 0.05) is 6.20 Å². The summed E-state index contributed by atoms with van der Waals surface area (Å²) in [4.78, 5) is 4.38. The number of anilines is 1. The molecule has 10 heteroatoms. The zero-order valence-electron chi connectivity index (χ0n) is 15.2. The minimum atomic E-state index is -4.88. The number of aromatic nitrogens is 2. The van der Waals surface area contributed by atoms with Crippen LogP contribution in [0.15, 0.2) is 36.5 Å². The van der Waals surface area contributed by atoms with Gasteiger partial charge in [-0.15, -0.1) is 0 Å². The first kappa shape index (κ1) is 20.1. The summed E-state index contributed by atoms with van der Waals surface area (Å²) < 4.78 is 79.9. The number of benzene rings is 1. The van der Waals surface area contributed by atoms with Crippen molar-refractivity contribution < 1.29 is 26.0 Å². The zero-order valence-corrected chi connectivity index (χ0v) is 16.1. The number of rotatable bonds is 4. The molecule has 0 saturated heterocycles. The third kappa shape index (κ3) is 3.68. The highest BCUT2D eigenvalue weighted by Crippen LogP contribution is 2.33. The Kier molecular flexibility index (Phi) is 4.86. The Morgan fingerprint density at radius 2 is 1.86 bits per heavy atom. The molecule has 0 fully saturated rings. The molecule has 0 aliphatic carbocycles. The Hall–Kier alpha value is -2.62. The lowest BCUT2D eigenvalue weighted by Crippen LogP contribution is -2.30. The molecule has 0 saturated carbocycles. The second-order valence-electron chi connectivity index (χ2n) is 6.49. The van der Waals surface area contributed by atoms with Crippen molar-refractivity contribution in [3.8, 4) is 0 Å². The van der Waals surface area contributed by atoms with Gasteiger partial charge >= 0.3 is 6.18 Å². The summed E-state index contributed by atoms with van der Waals surface area (Å²) in [5, 5.41) is 0. The molecule has 5 nitrogen and oxygen atoms in total. The zero-order chi connectivity index (χ0) is 20.9. The molecule has 0 atom stereocenters. The predicted octanol–water partition coefficient (Wildman–Crippen LogP) is 4.08. The van der Waals surface area contributed by atoms with Crippen molar-refractivity contribution in [2.75, 3.05) is 10.6 Å². The van der Waals surface area contributed by atoms with Crippen molar-refractivity contribution in [3.63, 3.8) is 0 Å². The molecule has 0 aliphatic rings. The Labute approximate surface area is 159 Å². The van der Waals surface area contributed by atoms with Crippen LogP contribution in [0.5, 0.6) is 0 Å². The van der Waals surface area contributed by atoms with Crippen molar-refractivity contribution in [3.05, 3.63) is 64.7 Å². The van der Waals surface area contributed by atoms with E-state index in [0.717, 1.165) is 22.2 Å². The van der Waals surface area contributed by atoms with Crippen LogP contribution < -0.4 is 4.31 Å². The number of hydrogen-bond donors (Lipinski definition) is 0. The third-order valence-corrected chi connectivity index (χ3v) is 5.46. The lowest BCUT2D eigenvalue weighted by Gasteiger charge is -2.21. The van der Waals surface area contributed by atoms with Gasteiger partial charge in [-0.1, -0.05) is 12.1 Å². The largest absolute Gasteiger partial charge is 0.419 e. The van der Waals surface area contributed by atoms with Gasteiger partial charge in [-0.05, 0) is 43.2 Å². The van der Waals surface area contributed by atoms with Crippen molar-refractivity contribution in [2.45, 2.75) is 26.6 Å². The molecule has 2 heterocycles. The van der Waals surface area contributed by atoms with Gasteiger partial charge in [-0.2, -0.15) is 13.2 Å². The number of pyridine rings is 1. The van der Waals surface area contributed by atoms with Crippen molar-refractivity contribution >= 4 is 21.5 Å². The molecule has 0 N–H and O–H groups in total. The summed E-state index contributed by atoms with van der Waals surface area (Å²) in [5.41, 5.74) is 0.417. The van der Waals surface area contributed by atoms with Crippen LogP contribution >= 0.6 is 0 Å². The number of halogens is 4. The van der Waals surface area contributed by atoms with Crippen molar-refractivity contribution in [2.24, 2.45) is 0 Å². The van der Waals surface area contributed by atoms with E-state index in [1.165, 1.54) is 0 Å². The number of fused-ring (bicyclic) bond motifs is 1. The molecule has 2 aromatic heterocycles. The molecule has 28 heavy (non-hydrogen) atoms. The molecule has 3 rings (SSSR count). The van der Waals surface area contributed by atoms with Gasteiger partial charge in [0.25, 0.3) is 0 Å². The van der Waals surface area contributed by atoms with Crippen LogP contribution in [0.4, 0.5) is 23.4 Å². The smallest absolute Gasteiger partial charge is 0.302 e. The molecular formula is C18H17F4N3O2S. The normalized spacial score (nSPS) is 12.5. The highest BCUT2D eigenvalue weighted by atomic mass is 32.2. The average molecular weight is 415 g/mol. The Morgan fingerprint density at radius 1 is 1.18 bits per heavy atom. The highest BCUT2D eigenvalue weighted by Gasteiger charge is 2.34. The van der Waals surface area contributed by atoms with E-state index >= 15 is 0 Å². The number of alkyl halides is 3. The fourth-order valence-electron chi connectivity index (χ4n) is 2.95. The summed E-state index contributed by atoms with van der Waals surface area (Å²) >= 11 is 0. The average Bonchev–Trinajstić information content (AvgIpc) is 2.90. The summed E-state index contributed by atoms with van der Waals surface area (Å²) in [6, 6.07) is 6.01. The molecule has 0 bridgehead atoms. The molecular weight excluding hydrogens is 398 g/mol. The van der Waals surface area contributed by atoms with E-state index in [2.05, 4.69) is 4.98 Å². The van der Waals surface area contributed by atoms with E-state index < -0.39 is 34.1 Å². The first-order chi connectivity index (χ1) is 12.9. The van der Waals surface area contributed by atoms with E-state index in [1.807, 2.05) is 13.0 Å². The monoisotopic (exact) mass is 415 g/mol. The topological polar surface area (TPSA) is 54.7 Å². The summed E-state index contributed by atoms with van der Waals surface area (Å²) in [6.45, 7) is 3.07. The van der Waals surface area contributed by atoms with Gasteiger partial charge in [0.15, 0.2) is 5.82 Å². The Bertz CT molecular complexity index is 1150. The highest BCUT2D eigenvalue weighted by molar-refractivity contribution is 7.92. The molecule has 0 radical (unpaired) electrons. The molecule has 3 aromatic rings. The van der Waals surface area contributed by atoms with Gasteiger partial charge in [0.2, 0.25) is 10.0 Å². The van der Waals surface area contributed by atoms with Gasteiger partial charge in [0.05, 0.1) is 24.1 Å². The SMILES string of the molecule is Cc1cccn2c(C)c(N(Cc3ccc(F)c(C(F)(F)F)c3)S(C)(=O)=O)nc12. The third-order valence-electron chi connectivity index (χ3n) is 4.36. The van der Waals surface area contributed by atoms with Crippen LogP contribution in [0.3, 0.4) is 0 Å². The van der Waals surface area contributed by atoms with Crippen LogP contribution in [-0.2, 0) is 22.7 Å². The van der Waals surface area contributed by atoms with Gasteiger partial charge in [-0.3, -0.25) is 0 Å². The fraction of sp³-hybridized carbons (Fsp3) is 0.278. The fourth-order valence-corrected chi connectivity index (χ4v) is 3.82. The predicted molar refractivity (Wildman–Crippen MR) is 97.1 cm³/mol. The summed E-state index contributed by atoms with van der Waals surface area (Å²) in [6.07, 6.45) is -2.22. The van der Waals surface area contributed by atoms with E-state index in [0.29, 0.717) is 23.5 Å². The minimum absolute atomic E-state index is 0.00710. The van der Waals surface area contributed by atoms with Crippen molar-refractivity contribution in [1.29, 1.82) is 0 Å². The lowest BCUT2D eigenvalue weighted by molar-refractivity contribution is -0.140. The number of imidazole rings is 1. The summed E-state index contributed by atoms with van der Waals surface area (Å²) in [7, 11) is -3.88. The molecule has 0 spiro atoms. The van der Waals surface area contributed by atoms with Gasteiger partial charge < -0.3 is 4.40 Å². The maximum absolute atomic E-state index is 13.5. The number of hydrogen-bond acceptors (Lipinski definition) is 3. The standard InChI is InChI=1S/C18H17F4N3O2S/c1-11-5-4-8-24-12(2)17(23-16(11)24)25(28(3,26)27)10-13-6-7-15(19)14(9-13)18(20,21)22/h4-9H,10H2,1-3H3. The van der Waals surface area contributed by atoms with Crippen LogP contribution in [0, 0.1) is 19.7 Å².